The Morgan fingerprint density at radius 1 is 0.612 bits per heavy atom. The quantitative estimate of drug-likeness (QED) is 0.190. The first-order valence-corrected chi connectivity index (χ1v) is 16.8. The molecule has 49 heavy (non-hydrogen) atoms. The van der Waals surface area contributed by atoms with Crippen molar-refractivity contribution in [1.82, 2.24) is 9.80 Å². The molecule has 9 heteroatoms. The predicted molar refractivity (Wildman–Crippen MR) is 189 cm³/mol. The van der Waals surface area contributed by atoms with Crippen LogP contribution in [-0.2, 0) is 32.0 Å². The number of hydrogen-bond donors (Lipinski definition) is 2. The average Bonchev–Trinajstić information content (AvgIpc) is 3.90. The molecule has 4 aromatic carbocycles. The van der Waals surface area contributed by atoms with Gasteiger partial charge in [0.2, 0.25) is 23.6 Å². The summed E-state index contributed by atoms with van der Waals surface area (Å²) in [6.45, 7) is 1.15. The maximum absolute atomic E-state index is 13.3. The van der Waals surface area contributed by atoms with E-state index in [2.05, 4.69) is 10.6 Å². The number of hydrogen-bond acceptors (Lipinski definition) is 5. The lowest BCUT2D eigenvalue weighted by molar-refractivity contribution is -0.136. The molecule has 0 saturated carbocycles. The van der Waals surface area contributed by atoms with Crippen molar-refractivity contribution in [1.29, 1.82) is 0 Å². The number of anilines is 2. The van der Waals surface area contributed by atoms with Crippen LogP contribution in [0, 0.1) is 0 Å². The van der Waals surface area contributed by atoms with Crippen LogP contribution in [0.15, 0.2) is 114 Å². The Hall–Kier alpha value is -5.70. The molecule has 3 heterocycles. The molecule has 5 aromatic rings. The average molecular weight is 655 g/mol. The van der Waals surface area contributed by atoms with Crippen molar-refractivity contribution in [3.05, 3.63) is 120 Å². The van der Waals surface area contributed by atoms with Gasteiger partial charge in [-0.1, -0.05) is 60.7 Å². The zero-order valence-corrected chi connectivity index (χ0v) is 27.1. The number of rotatable bonds is 9. The van der Waals surface area contributed by atoms with Crippen LogP contribution in [0.1, 0.15) is 36.8 Å². The van der Waals surface area contributed by atoms with Crippen LogP contribution in [0.4, 0.5) is 11.4 Å². The highest BCUT2D eigenvalue weighted by Gasteiger charge is 2.35. The Morgan fingerprint density at radius 3 is 1.67 bits per heavy atom. The van der Waals surface area contributed by atoms with Gasteiger partial charge in [0.15, 0.2) is 0 Å². The fraction of sp³-hybridized carbons (Fsp3) is 0.250. The second kappa shape index (κ2) is 14.2. The molecule has 1 aromatic heterocycles. The van der Waals surface area contributed by atoms with E-state index >= 15 is 0 Å². The number of carbonyl (C=O) groups excluding carboxylic acids is 4. The highest BCUT2D eigenvalue weighted by atomic mass is 16.3. The van der Waals surface area contributed by atoms with Gasteiger partial charge in [-0.15, -0.1) is 0 Å². The standard InChI is InChI=1S/C40H38N4O5/c45-37(23-27-9-3-1-4-10-27)43-21-7-13-33(43)39(47)41-31-17-15-29(16-18-31)36-26-30-25-32(19-20-35(30)49-36)42-40(48)34-14-8-22-44(34)38(46)24-28-11-5-2-6-12-28/h1-6,9-12,15-20,25-26,33-34H,7-8,13-14,21-24H2,(H,41,47)(H,42,48)/t33-,34-/m0/s1. The molecule has 2 saturated heterocycles. The number of furan rings is 1. The summed E-state index contributed by atoms with van der Waals surface area (Å²) in [7, 11) is 0. The van der Waals surface area contributed by atoms with Gasteiger partial charge in [0, 0.05) is 35.4 Å². The molecule has 2 N–H and O–H groups in total. The monoisotopic (exact) mass is 654 g/mol. The lowest BCUT2D eigenvalue weighted by Crippen LogP contribution is -2.43. The second-order valence-electron chi connectivity index (χ2n) is 12.7. The Bertz CT molecular complexity index is 1970. The highest BCUT2D eigenvalue weighted by molar-refractivity contribution is 6.00. The van der Waals surface area contributed by atoms with Crippen molar-refractivity contribution in [3.8, 4) is 11.3 Å². The van der Waals surface area contributed by atoms with Crippen molar-refractivity contribution in [2.75, 3.05) is 23.7 Å². The Labute approximate surface area is 284 Å². The molecule has 7 rings (SSSR count). The summed E-state index contributed by atoms with van der Waals surface area (Å²) in [5.74, 6) is 0.186. The topological polar surface area (TPSA) is 112 Å². The van der Waals surface area contributed by atoms with Gasteiger partial charge in [0.25, 0.3) is 0 Å². The number of likely N-dealkylation sites (tertiary alicyclic amines) is 2. The molecule has 0 spiro atoms. The first-order chi connectivity index (χ1) is 23.9. The normalized spacial score (nSPS) is 17.3. The number of benzene rings is 4. The minimum absolute atomic E-state index is 0.0405. The first-order valence-electron chi connectivity index (χ1n) is 16.8. The molecule has 2 fully saturated rings. The van der Waals surface area contributed by atoms with Gasteiger partial charge in [0.05, 0.1) is 12.8 Å². The number of amides is 4. The van der Waals surface area contributed by atoms with Crippen molar-refractivity contribution in [2.24, 2.45) is 0 Å². The molecule has 4 amide bonds. The maximum Gasteiger partial charge on any atom is 0.247 e. The van der Waals surface area contributed by atoms with E-state index in [0.717, 1.165) is 34.9 Å². The number of carbonyl (C=O) groups is 4. The third kappa shape index (κ3) is 7.26. The lowest BCUT2D eigenvalue weighted by atomic mass is 10.1. The van der Waals surface area contributed by atoms with E-state index in [9.17, 15) is 19.2 Å². The van der Waals surface area contributed by atoms with Gasteiger partial charge in [-0.2, -0.15) is 0 Å². The van der Waals surface area contributed by atoms with E-state index in [1.165, 1.54) is 0 Å². The van der Waals surface area contributed by atoms with Crippen LogP contribution >= 0.6 is 0 Å². The van der Waals surface area contributed by atoms with Crippen LogP contribution in [0.3, 0.4) is 0 Å². The number of fused-ring (bicyclic) bond motifs is 1. The summed E-state index contributed by atoms with van der Waals surface area (Å²) in [6, 6.07) is 33.0. The van der Waals surface area contributed by atoms with E-state index in [1.54, 1.807) is 15.9 Å². The molecule has 2 atom stereocenters. The van der Waals surface area contributed by atoms with Gasteiger partial charge in [-0.25, -0.2) is 0 Å². The van der Waals surface area contributed by atoms with Gasteiger partial charge in [-0.3, -0.25) is 19.2 Å². The molecule has 0 radical (unpaired) electrons. The molecule has 9 nitrogen and oxygen atoms in total. The van der Waals surface area contributed by atoms with Crippen LogP contribution in [-0.4, -0.2) is 58.6 Å². The van der Waals surface area contributed by atoms with E-state index < -0.39 is 12.1 Å². The summed E-state index contributed by atoms with van der Waals surface area (Å²) < 4.78 is 6.11. The van der Waals surface area contributed by atoms with Gasteiger partial charge in [-0.05, 0) is 85.3 Å². The fourth-order valence-corrected chi connectivity index (χ4v) is 6.85. The minimum Gasteiger partial charge on any atom is -0.456 e. The van der Waals surface area contributed by atoms with Crippen molar-refractivity contribution in [3.63, 3.8) is 0 Å². The summed E-state index contributed by atoms with van der Waals surface area (Å²) in [4.78, 5) is 55.9. The molecular formula is C40H38N4O5. The third-order valence-corrected chi connectivity index (χ3v) is 9.37. The molecule has 0 unspecified atom stereocenters. The van der Waals surface area contributed by atoms with Crippen LogP contribution < -0.4 is 10.6 Å². The molecule has 0 bridgehead atoms. The maximum atomic E-state index is 13.3. The number of nitrogens with zero attached hydrogens (tertiary/aromatic N) is 2. The summed E-state index contributed by atoms with van der Waals surface area (Å²) in [5, 5.41) is 6.81. The van der Waals surface area contributed by atoms with E-state index in [0.29, 0.717) is 48.6 Å². The molecule has 2 aliphatic heterocycles. The molecule has 0 aliphatic carbocycles. The zero-order chi connectivity index (χ0) is 33.7. The third-order valence-electron chi connectivity index (χ3n) is 9.37. The van der Waals surface area contributed by atoms with Crippen LogP contribution in [0.2, 0.25) is 0 Å². The van der Waals surface area contributed by atoms with E-state index in [1.807, 2.05) is 103 Å². The Kier molecular flexibility index (Phi) is 9.23. The van der Waals surface area contributed by atoms with Crippen molar-refractivity contribution < 1.29 is 23.6 Å². The van der Waals surface area contributed by atoms with Crippen LogP contribution in [0.25, 0.3) is 22.3 Å². The predicted octanol–water partition coefficient (Wildman–Crippen LogP) is 6.44. The van der Waals surface area contributed by atoms with Crippen molar-refractivity contribution >= 4 is 46.0 Å². The minimum atomic E-state index is -0.502. The molecule has 248 valence electrons. The summed E-state index contributed by atoms with van der Waals surface area (Å²) in [5.41, 5.74) is 4.64. The molecular weight excluding hydrogens is 616 g/mol. The second-order valence-corrected chi connectivity index (χ2v) is 12.7. The fourth-order valence-electron chi connectivity index (χ4n) is 6.85. The first kappa shape index (κ1) is 31.9. The SMILES string of the molecule is O=C(Nc1ccc(-c2cc3cc(NC(=O)[C@@H]4CCCN4C(=O)Cc4ccccc4)ccc3o2)cc1)[C@@H]1CCCN1C(=O)Cc1ccccc1. The molecule has 2 aliphatic rings. The largest absolute Gasteiger partial charge is 0.456 e. The smallest absolute Gasteiger partial charge is 0.247 e. The van der Waals surface area contributed by atoms with Gasteiger partial charge >= 0.3 is 0 Å². The number of nitrogens with one attached hydrogen (secondary N) is 2. The summed E-state index contributed by atoms with van der Waals surface area (Å²) >= 11 is 0. The van der Waals surface area contributed by atoms with Gasteiger partial charge in [0.1, 0.15) is 23.4 Å². The lowest BCUT2D eigenvalue weighted by Gasteiger charge is -2.24. The Morgan fingerprint density at radius 2 is 1.12 bits per heavy atom. The van der Waals surface area contributed by atoms with Gasteiger partial charge < -0.3 is 24.9 Å². The van der Waals surface area contributed by atoms with Crippen molar-refractivity contribution in [2.45, 2.75) is 50.6 Å². The van der Waals surface area contributed by atoms with Crippen LogP contribution in [0.5, 0.6) is 0 Å². The highest BCUT2D eigenvalue weighted by Crippen LogP contribution is 2.31. The Balaban J connectivity index is 0.967. The zero-order valence-electron chi connectivity index (χ0n) is 27.1. The van der Waals surface area contributed by atoms with E-state index in [4.69, 9.17) is 4.42 Å². The van der Waals surface area contributed by atoms with E-state index in [-0.39, 0.29) is 36.5 Å². The summed E-state index contributed by atoms with van der Waals surface area (Å²) in [6.07, 6.45) is 3.40.